The summed E-state index contributed by atoms with van der Waals surface area (Å²) in [6.45, 7) is 0. The maximum Gasteiger partial charge on any atom is 0.348 e. The first-order valence-corrected chi connectivity index (χ1v) is 6.64. The lowest BCUT2D eigenvalue weighted by Crippen LogP contribution is -2.17. The molecule has 0 spiro atoms. The summed E-state index contributed by atoms with van der Waals surface area (Å²) >= 11 is 0. The number of nitrogens with zero attached hydrogens (tertiary/aromatic N) is 4. The van der Waals surface area contributed by atoms with Gasteiger partial charge in [-0.25, -0.2) is 9.78 Å². The Balaban J connectivity index is 2.00. The van der Waals surface area contributed by atoms with E-state index in [4.69, 9.17) is 5.26 Å². The molecule has 6 nitrogen and oxygen atoms in total. The topological polar surface area (TPSA) is 86.8 Å². The second kappa shape index (κ2) is 4.53. The third kappa shape index (κ3) is 1.77. The van der Waals surface area contributed by atoms with E-state index in [9.17, 15) is 4.79 Å². The highest BCUT2D eigenvalue weighted by atomic mass is 16.1. The van der Waals surface area contributed by atoms with E-state index >= 15 is 0 Å². The molecule has 0 unspecified atom stereocenters. The Morgan fingerprint density at radius 1 is 1.09 bits per heavy atom. The molecule has 0 radical (unpaired) electrons. The number of H-pyrrole nitrogens is 1. The fourth-order valence-electron chi connectivity index (χ4n) is 2.40. The number of nitriles is 1. The Labute approximate surface area is 124 Å². The molecule has 0 saturated heterocycles. The standard InChI is InChI=1S/C16H9N5O/c17-9-10-5-7-11(8-6-10)14-19-15-12-3-1-2-4-13(12)18-16(22)21(15)20-14/h1-8H,(H,18,22). The molecule has 0 aliphatic heterocycles. The van der Waals surface area contributed by atoms with Crippen molar-refractivity contribution >= 4 is 16.6 Å². The molecule has 2 aromatic carbocycles. The fraction of sp³-hybridized carbons (Fsp3) is 0. The fourth-order valence-corrected chi connectivity index (χ4v) is 2.40. The second-order valence-electron chi connectivity index (χ2n) is 4.84. The van der Waals surface area contributed by atoms with E-state index in [2.05, 4.69) is 21.1 Å². The Bertz CT molecular complexity index is 1100. The summed E-state index contributed by atoms with van der Waals surface area (Å²) in [7, 11) is 0. The zero-order chi connectivity index (χ0) is 15.1. The van der Waals surface area contributed by atoms with Gasteiger partial charge in [-0.15, -0.1) is 5.10 Å². The van der Waals surface area contributed by atoms with Gasteiger partial charge in [0.2, 0.25) is 0 Å². The molecule has 0 fully saturated rings. The van der Waals surface area contributed by atoms with E-state index in [1.54, 1.807) is 24.3 Å². The van der Waals surface area contributed by atoms with Gasteiger partial charge in [-0.1, -0.05) is 12.1 Å². The Morgan fingerprint density at radius 3 is 2.64 bits per heavy atom. The second-order valence-corrected chi connectivity index (χ2v) is 4.84. The number of fused-ring (bicyclic) bond motifs is 3. The van der Waals surface area contributed by atoms with Gasteiger partial charge < -0.3 is 4.98 Å². The molecule has 0 saturated carbocycles. The summed E-state index contributed by atoms with van der Waals surface area (Å²) in [5.41, 5.74) is 2.22. The molecule has 0 amide bonds. The molecular weight excluding hydrogens is 278 g/mol. The molecule has 104 valence electrons. The summed E-state index contributed by atoms with van der Waals surface area (Å²) in [4.78, 5) is 19.4. The average molecular weight is 287 g/mol. The molecule has 1 N–H and O–H groups in total. The summed E-state index contributed by atoms with van der Waals surface area (Å²) in [5.74, 6) is 0.450. The van der Waals surface area contributed by atoms with Crippen LogP contribution in [0.25, 0.3) is 27.9 Å². The Hall–Kier alpha value is -3.46. The van der Waals surface area contributed by atoms with Crippen LogP contribution < -0.4 is 5.69 Å². The van der Waals surface area contributed by atoms with Gasteiger partial charge in [0.1, 0.15) is 0 Å². The van der Waals surface area contributed by atoms with Gasteiger partial charge in [-0.3, -0.25) is 0 Å². The molecule has 0 aliphatic rings. The van der Waals surface area contributed by atoms with Crippen LogP contribution in [0.4, 0.5) is 0 Å². The van der Waals surface area contributed by atoms with Crippen LogP contribution in [0.5, 0.6) is 0 Å². The van der Waals surface area contributed by atoms with Crippen LogP contribution in [0, 0.1) is 11.3 Å². The minimum atomic E-state index is -0.332. The molecule has 4 aromatic rings. The molecule has 6 heteroatoms. The van der Waals surface area contributed by atoms with Crippen LogP contribution in [0.3, 0.4) is 0 Å². The van der Waals surface area contributed by atoms with Crippen molar-refractivity contribution in [3.8, 4) is 17.5 Å². The van der Waals surface area contributed by atoms with Crippen molar-refractivity contribution < 1.29 is 0 Å². The van der Waals surface area contributed by atoms with E-state index in [1.807, 2.05) is 24.3 Å². The third-order valence-electron chi connectivity index (χ3n) is 3.48. The zero-order valence-corrected chi connectivity index (χ0v) is 11.3. The molecule has 0 aliphatic carbocycles. The van der Waals surface area contributed by atoms with Gasteiger partial charge in [0, 0.05) is 10.9 Å². The van der Waals surface area contributed by atoms with E-state index in [0.29, 0.717) is 17.0 Å². The number of aromatic amines is 1. The van der Waals surface area contributed by atoms with E-state index in [1.165, 1.54) is 4.52 Å². The maximum absolute atomic E-state index is 12.1. The first-order valence-electron chi connectivity index (χ1n) is 6.64. The molecule has 4 rings (SSSR count). The molecule has 22 heavy (non-hydrogen) atoms. The predicted octanol–water partition coefficient (Wildman–Crippen LogP) is 2.11. The number of para-hydroxylation sites is 1. The van der Waals surface area contributed by atoms with Crippen molar-refractivity contribution in [1.82, 2.24) is 19.6 Å². The summed E-state index contributed by atoms with van der Waals surface area (Å²) < 4.78 is 1.26. The zero-order valence-electron chi connectivity index (χ0n) is 11.3. The Morgan fingerprint density at radius 2 is 1.86 bits per heavy atom. The van der Waals surface area contributed by atoms with Gasteiger partial charge in [-0.2, -0.15) is 9.78 Å². The van der Waals surface area contributed by atoms with Crippen LogP contribution in [0.2, 0.25) is 0 Å². The first-order chi connectivity index (χ1) is 10.8. The highest BCUT2D eigenvalue weighted by molar-refractivity contribution is 5.91. The number of rotatable bonds is 1. The van der Waals surface area contributed by atoms with Gasteiger partial charge in [0.05, 0.1) is 17.1 Å². The first kappa shape index (κ1) is 12.3. The van der Waals surface area contributed by atoms with Gasteiger partial charge in [-0.05, 0) is 36.4 Å². The van der Waals surface area contributed by atoms with Crippen molar-refractivity contribution in [3.05, 3.63) is 64.6 Å². The van der Waals surface area contributed by atoms with Gasteiger partial charge in [0.25, 0.3) is 0 Å². The average Bonchev–Trinajstić information content (AvgIpc) is 3.01. The quantitative estimate of drug-likeness (QED) is 0.581. The van der Waals surface area contributed by atoms with Crippen molar-refractivity contribution in [1.29, 1.82) is 5.26 Å². The number of hydrogen-bond acceptors (Lipinski definition) is 4. The van der Waals surface area contributed by atoms with Gasteiger partial charge >= 0.3 is 5.69 Å². The SMILES string of the molecule is N#Cc1ccc(-c2nc3c4ccccc4[nH]c(=O)n3n2)cc1. The van der Waals surface area contributed by atoms with Crippen molar-refractivity contribution in [2.24, 2.45) is 0 Å². The normalized spacial score (nSPS) is 10.9. The lowest BCUT2D eigenvalue weighted by molar-refractivity contribution is 0.885. The number of hydrogen-bond donors (Lipinski definition) is 1. The van der Waals surface area contributed by atoms with Crippen LogP contribution in [0.15, 0.2) is 53.3 Å². The van der Waals surface area contributed by atoms with E-state index in [0.717, 1.165) is 16.5 Å². The van der Waals surface area contributed by atoms with E-state index < -0.39 is 0 Å². The van der Waals surface area contributed by atoms with Crippen LogP contribution >= 0.6 is 0 Å². The van der Waals surface area contributed by atoms with Gasteiger partial charge in [0.15, 0.2) is 11.5 Å². The highest BCUT2D eigenvalue weighted by Gasteiger charge is 2.11. The summed E-state index contributed by atoms with van der Waals surface area (Å²) in [6.07, 6.45) is 0. The largest absolute Gasteiger partial charge is 0.348 e. The monoisotopic (exact) mass is 287 g/mol. The van der Waals surface area contributed by atoms with E-state index in [-0.39, 0.29) is 5.69 Å². The third-order valence-corrected chi connectivity index (χ3v) is 3.48. The van der Waals surface area contributed by atoms with Crippen LogP contribution in [-0.2, 0) is 0 Å². The summed E-state index contributed by atoms with van der Waals surface area (Å²) in [6, 6.07) is 16.4. The Kier molecular flexibility index (Phi) is 2.53. The minimum absolute atomic E-state index is 0.332. The van der Waals surface area contributed by atoms with Crippen molar-refractivity contribution in [2.45, 2.75) is 0 Å². The predicted molar refractivity (Wildman–Crippen MR) is 81.3 cm³/mol. The number of benzene rings is 2. The molecule has 2 aromatic heterocycles. The van der Waals surface area contributed by atoms with Crippen molar-refractivity contribution in [2.75, 3.05) is 0 Å². The van der Waals surface area contributed by atoms with Crippen LogP contribution in [-0.4, -0.2) is 19.6 Å². The molecule has 2 heterocycles. The lowest BCUT2D eigenvalue weighted by Gasteiger charge is -1.97. The molecular formula is C16H9N5O. The summed E-state index contributed by atoms with van der Waals surface area (Å²) in [5, 5.41) is 13.9. The number of aromatic nitrogens is 4. The molecule has 0 atom stereocenters. The van der Waals surface area contributed by atoms with Crippen LogP contribution in [0.1, 0.15) is 5.56 Å². The molecule has 0 bridgehead atoms. The van der Waals surface area contributed by atoms with Crippen molar-refractivity contribution in [3.63, 3.8) is 0 Å². The smallest absolute Gasteiger partial charge is 0.305 e. The maximum atomic E-state index is 12.1. The highest BCUT2D eigenvalue weighted by Crippen LogP contribution is 2.20. The lowest BCUT2D eigenvalue weighted by atomic mass is 10.1. The number of nitrogens with one attached hydrogen (secondary N) is 1. The minimum Gasteiger partial charge on any atom is -0.305 e.